The van der Waals surface area contributed by atoms with E-state index in [-0.39, 0.29) is 11.6 Å². The molecular formula is C9H12F2N2. The summed E-state index contributed by atoms with van der Waals surface area (Å²) in [5.74, 6) is -1.22. The van der Waals surface area contributed by atoms with Crippen molar-refractivity contribution >= 4 is 0 Å². The molecule has 0 spiro atoms. The quantitative estimate of drug-likeness (QED) is 0.717. The molecule has 0 bridgehead atoms. The van der Waals surface area contributed by atoms with Gasteiger partial charge in [-0.15, -0.1) is 0 Å². The van der Waals surface area contributed by atoms with Crippen LogP contribution in [-0.4, -0.2) is 4.98 Å². The van der Waals surface area contributed by atoms with Crippen molar-refractivity contribution in [1.82, 2.24) is 4.98 Å². The van der Waals surface area contributed by atoms with E-state index in [2.05, 4.69) is 4.98 Å². The lowest BCUT2D eigenvalue weighted by Crippen LogP contribution is -2.20. The maximum absolute atomic E-state index is 13.1. The fraction of sp³-hybridized carbons (Fsp3) is 0.444. The lowest BCUT2D eigenvalue weighted by molar-refractivity contribution is 0.454. The molecule has 0 saturated heterocycles. The smallest absolute Gasteiger partial charge is 0.213 e. The SMILES string of the molecule is CC(C)[C@@H](N)c1nc(F)ccc1F. The standard InChI is InChI=1S/C9H12F2N2/c1-5(2)8(12)9-6(10)3-4-7(11)13-9/h3-5,8H,12H2,1-2H3/t8-/m1/s1. The fourth-order valence-corrected chi connectivity index (χ4v) is 0.983. The van der Waals surface area contributed by atoms with Gasteiger partial charge in [-0.1, -0.05) is 13.8 Å². The third-order valence-electron chi connectivity index (χ3n) is 1.87. The number of nitrogens with zero attached hydrogens (tertiary/aromatic N) is 1. The maximum atomic E-state index is 13.1. The lowest BCUT2D eigenvalue weighted by Gasteiger charge is -2.15. The van der Waals surface area contributed by atoms with Crippen molar-refractivity contribution < 1.29 is 8.78 Å². The first-order valence-corrected chi connectivity index (χ1v) is 4.10. The summed E-state index contributed by atoms with van der Waals surface area (Å²) in [4.78, 5) is 3.43. The highest BCUT2D eigenvalue weighted by Gasteiger charge is 2.17. The number of rotatable bonds is 2. The van der Waals surface area contributed by atoms with Gasteiger partial charge in [-0.05, 0) is 18.1 Å². The Bertz CT molecular complexity index is 300. The molecule has 1 rings (SSSR count). The van der Waals surface area contributed by atoms with Gasteiger partial charge in [0.15, 0.2) is 0 Å². The molecule has 4 heteroatoms. The van der Waals surface area contributed by atoms with E-state index < -0.39 is 17.8 Å². The van der Waals surface area contributed by atoms with Crippen molar-refractivity contribution in [3.05, 3.63) is 29.6 Å². The molecule has 1 heterocycles. The molecule has 0 saturated carbocycles. The van der Waals surface area contributed by atoms with E-state index in [9.17, 15) is 8.78 Å². The summed E-state index contributed by atoms with van der Waals surface area (Å²) in [6.07, 6.45) is 0. The molecule has 1 aromatic rings. The summed E-state index contributed by atoms with van der Waals surface area (Å²) in [7, 11) is 0. The molecule has 0 aliphatic heterocycles. The minimum absolute atomic E-state index is 0.00463. The highest BCUT2D eigenvalue weighted by atomic mass is 19.1. The summed E-state index contributed by atoms with van der Waals surface area (Å²) < 4.78 is 25.7. The average Bonchev–Trinajstić information content (AvgIpc) is 2.08. The number of nitrogens with two attached hydrogens (primary N) is 1. The lowest BCUT2D eigenvalue weighted by atomic mass is 10.0. The first kappa shape index (κ1) is 10.1. The maximum Gasteiger partial charge on any atom is 0.213 e. The van der Waals surface area contributed by atoms with Gasteiger partial charge in [0.25, 0.3) is 0 Å². The minimum atomic E-state index is -0.701. The second-order valence-electron chi connectivity index (χ2n) is 3.27. The van der Waals surface area contributed by atoms with Crippen LogP contribution < -0.4 is 5.73 Å². The number of halogens is 2. The Labute approximate surface area is 75.8 Å². The number of pyridine rings is 1. The summed E-state index contributed by atoms with van der Waals surface area (Å²) in [6.45, 7) is 3.66. The third-order valence-corrected chi connectivity index (χ3v) is 1.87. The van der Waals surface area contributed by atoms with Gasteiger partial charge in [0.1, 0.15) is 5.82 Å². The molecule has 1 aromatic heterocycles. The molecule has 0 aliphatic rings. The fourth-order valence-electron chi connectivity index (χ4n) is 0.983. The van der Waals surface area contributed by atoms with Gasteiger partial charge in [-0.3, -0.25) is 0 Å². The van der Waals surface area contributed by atoms with Crippen LogP contribution in [0.3, 0.4) is 0 Å². The molecule has 0 aromatic carbocycles. The van der Waals surface area contributed by atoms with E-state index in [1.807, 2.05) is 13.8 Å². The van der Waals surface area contributed by atoms with Gasteiger partial charge in [-0.25, -0.2) is 9.37 Å². The van der Waals surface area contributed by atoms with Crippen molar-refractivity contribution in [3.8, 4) is 0 Å². The predicted octanol–water partition coefficient (Wildman–Crippen LogP) is 2.02. The van der Waals surface area contributed by atoms with Gasteiger partial charge in [0.05, 0.1) is 11.7 Å². The van der Waals surface area contributed by atoms with Crippen LogP contribution in [0, 0.1) is 17.7 Å². The van der Waals surface area contributed by atoms with Crippen LogP contribution in [0.2, 0.25) is 0 Å². The second-order valence-corrected chi connectivity index (χ2v) is 3.27. The molecule has 0 unspecified atom stereocenters. The van der Waals surface area contributed by atoms with Gasteiger partial charge in [0, 0.05) is 0 Å². The van der Waals surface area contributed by atoms with Crippen molar-refractivity contribution in [2.75, 3.05) is 0 Å². The van der Waals surface area contributed by atoms with Crippen LogP contribution in [0.25, 0.3) is 0 Å². The normalized spacial score (nSPS) is 13.4. The Morgan fingerprint density at radius 2 is 1.92 bits per heavy atom. The zero-order valence-electron chi connectivity index (χ0n) is 7.59. The molecule has 13 heavy (non-hydrogen) atoms. The number of hydrogen-bond donors (Lipinski definition) is 1. The molecule has 0 fully saturated rings. The van der Waals surface area contributed by atoms with Crippen molar-refractivity contribution in [1.29, 1.82) is 0 Å². The summed E-state index contributed by atoms with van der Waals surface area (Å²) in [6, 6.07) is 1.46. The third kappa shape index (κ3) is 2.21. The van der Waals surface area contributed by atoms with E-state index >= 15 is 0 Å². The van der Waals surface area contributed by atoms with Gasteiger partial charge in [-0.2, -0.15) is 4.39 Å². The van der Waals surface area contributed by atoms with Crippen LogP contribution in [0.5, 0.6) is 0 Å². The molecule has 0 radical (unpaired) electrons. The summed E-state index contributed by atoms with van der Waals surface area (Å²) in [5.41, 5.74) is 5.63. The topological polar surface area (TPSA) is 38.9 Å². The number of hydrogen-bond acceptors (Lipinski definition) is 2. The largest absolute Gasteiger partial charge is 0.322 e. The Hall–Kier alpha value is -1.03. The molecule has 2 nitrogen and oxygen atoms in total. The molecule has 0 amide bonds. The molecular weight excluding hydrogens is 174 g/mol. The van der Waals surface area contributed by atoms with Crippen LogP contribution in [-0.2, 0) is 0 Å². The Morgan fingerprint density at radius 1 is 1.31 bits per heavy atom. The summed E-state index contributed by atoms with van der Waals surface area (Å²) in [5, 5.41) is 0. The van der Waals surface area contributed by atoms with Crippen LogP contribution in [0.1, 0.15) is 25.6 Å². The second kappa shape index (κ2) is 3.79. The van der Waals surface area contributed by atoms with E-state index in [1.54, 1.807) is 0 Å². The molecule has 1 atom stereocenters. The van der Waals surface area contributed by atoms with Crippen LogP contribution in [0.4, 0.5) is 8.78 Å². The highest BCUT2D eigenvalue weighted by molar-refractivity contribution is 5.12. The highest BCUT2D eigenvalue weighted by Crippen LogP contribution is 2.19. The number of aromatic nitrogens is 1. The first-order valence-electron chi connectivity index (χ1n) is 4.10. The van der Waals surface area contributed by atoms with E-state index in [0.29, 0.717) is 0 Å². The Morgan fingerprint density at radius 3 is 2.46 bits per heavy atom. The zero-order valence-corrected chi connectivity index (χ0v) is 7.59. The van der Waals surface area contributed by atoms with Gasteiger partial charge >= 0.3 is 0 Å². The van der Waals surface area contributed by atoms with E-state index in [1.165, 1.54) is 0 Å². The monoisotopic (exact) mass is 186 g/mol. The first-order chi connectivity index (χ1) is 6.02. The van der Waals surface area contributed by atoms with Crippen molar-refractivity contribution in [2.45, 2.75) is 19.9 Å². The zero-order chi connectivity index (χ0) is 10.0. The van der Waals surface area contributed by atoms with Gasteiger partial charge in [0.2, 0.25) is 5.95 Å². The molecule has 72 valence electrons. The van der Waals surface area contributed by atoms with Crippen LogP contribution >= 0.6 is 0 Å². The predicted molar refractivity (Wildman–Crippen MR) is 45.9 cm³/mol. The van der Waals surface area contributed by atoms with Crippen molar-refractivity contribution in [3.63, 3.8) is 0 Å². The Kier molecular flexibility index (Phi) is 2.93. The van der Waals surface area contributed by atoms with Crippen molar-refractivity contribution in [2.24, 2.45) is 11.7 Å². The van der Waals surface area contributed by atoms with E-state index in [0.717, 1.165) is 12.1 Å². The van der Waals surface area contributed by atoms with E-state index in [4.69, 9.17) is 5.73 Å². The minimum Gasteiger partial charge on any atom is -0.322 e. The van der Waals surface area contributed by atoms with Crippen LogP contribution in [0.15, 0.2) is 12.1 Å². The molecule has 0 aliphatic carbocycles. The molecule has 2 N–H and O–H groups in total. The average molecular weight is 186 g/mol. The Balaban J connectivity index is 3.05. The summed E-state index contributed by atoms with van der Waals surface area (Å²) >= 11 is 0. The van der Waals surface area contributed by atoms with Gasteiger partial charge < -0.3 is 5.73 Å².